The molecule has 1 N–H and O–H groups in total. The van der Waals surface area contributed by atoms with Crippen LogP contribution >= 0.6 is 0 Å². The van der Waals surface area contributed by atoms with Gasteiger partial charge >= 0.3 is 0 Å². The van der Waals surface area contributed by atoms with E-state index in [1.54, 1.807) is 0 Å². The lowest BCUT2D eigenvalue weighted by Crippen LogP contribution is -2.16. The molecule has 0 aromatic heterocycles. The van der Waals surface area contributed by atoms with Gasteiger partial charge in [-0.05, 0) is 89.5 Å². The molecule has 6 aromatic carbocycles. The highest BCUT2D eigenvalue weighted by Crippen LogP contribution is 2.31. The molecule has 0 aliphatic carbocycles. The molecule has 0 heterocycles. The van der Waals surface area contributed by atoms with Crippen molar-refractivity contribution in [2.45, 2.75) is 6.54 Å². The fraction of sp³-hybridized carbons (Fsp3) is 0.0270. The molecule has 3 heteroatoms. The summed E-state index contributed by atoms with van der Waals surface area (Å²) in [5, 5.41) is 3.39. The normalized spacial score (nSPS) is 10.6. The first-order valence-electron chi connectivity index (χ1n) is 13.5. The van der Waals surface area contributed by atoms with Crippen LogP contribution in [0.4, 0.5) is 22.7 Å². The van der Waals surface area contributed by atoms with Crippen molar-refractivity contribution in [1.29, 1.82) is 0 Å². The van der Waals surface area contributed by atoms with Crippen LogP contribution in [-0.4, -0.2) is 0 Å². The Morgan fingerprint density at radius 1 is 0.425 bits per heavy atom. The van der Waals surface area contributed by atoms with Gasteiger partial charge in [0, 0.05) is 29.3 Å². The van der Waals surface area contributed by atoms with E-state index in [2.05, 4.69) is 107 Å². The summed E-state index contributed by atoms with van der Waals surface area (Å²) < 4.78 is 6.10. The lowest BCUT2D eigenvalue weighted by atomic mass is 10.0. The Labute approximate surface area is 236 Å². The van der Waals surface area contributed by atoms with E-state index in [0.717, 1.165) is 40.7 Å². The molecule has 0 unspecified atom stereocenters. The zero-order valence-corrected chi connectivity index (χ0v) is 22.2. The SMILES string of the molecule is c1ccc(CN(c2ccccc2)c2ccc(-c3ccc(Oc4ccc(Nc5ccccc5)cc4)cc3)cc2)cc1. The Bertz CT molecular complexity index is 1620. The maximum Gasteiger partial charge on any atom is 0.127 e. The van der Waals surface area contributed by atoms with Gasteiger partial charge in [0.15, 0.2) is 0 Å². The summed E-state index contributed by atoms with van der Waals surface area (Å²) in [7, 11) is 0. The maximum atomic E-state index is 6.10. The van der Waals surface area contributed by atoms with Gasteiger partial charge in [0.25, 0.3) is 0 Å². The van der Waals surface area contributed by atoms with E-state index in [-0.39, 0.29) is 0 Å². The smallest absolute Gasteiger partial charge is 0.127 e. The summed E-state index contributed by atoms with van der Waals surface area (Å²) in [6.07, 6.45) is 0. The van der Waals surface area contributed by atoms with Crippen LogP contribution in [0, 0.1) is 0 Å². The lowest BCUT2D eigenvalue weighted by Gasteiger charge is -2.25. The summed E-state index contributed by atoms with van der Waals surface area (Å²) in [6, 6.07) is 56.3. The number of benzene rings is 6. The summed E-state index contributed by atoms with van der Waals surface area (Å²) in [6.45, 7) is 0.805. The third-order valence-corrected chi connectivity index (χ3v) is 6.77. The van der Waals surface area contributed by atoms with Crippen LogP contribution < -0.4 is 15.0 Å². The molecule has 0 fully saturated rings. The van der Waals surface area contributed by atoms with Crippen molar-refractivity contribution >= 4 is 22.7 Å². The van der Waals surface area contributed by atoms with E-state index in [4.69, 9.17) is 4.74 Å². The molecule has 40 heavy (non-hydrogen) atoms. The van der Waals surface area contributed by atoms with E-state index < -0.39 is 0 Å². The molecule has 0 radical (unpaired) electrons. The van der Waals surface area contributed by atoms with Crippen LogP contribution in [0.5, 0.6) is 11.5 Å². The molecular weight excluding hydrogens is 488 g/mol. The Hall–Kier alpha value is -5.28. The van der Waals surface area contributed by atoms with E-state index in [1.807, 2.05) is 66.7 Å². The first-order valence-corrected chi connectivity index (χ1v) is 13.5. The van der Waals surface area contributed by atoms with Crippen molar-refractivity contribution in [3.63, 3.8) is 0 Å². The predicted octanol–water partition coefficient (Wildman–Crippen LogP) is 10.2. The van der Waals surface area contributed by atoms with Gasteiger partial charge in [-0.15, -0.1) is 0 Å². The van der Waals surface area contributed by atoms with Crippen molar-refractivity contribution in [3.05, 3.63) is 169 Å². The van der Waals surface area contributed by atoms with E-state index in [1.165, 1.54) is 16.8 Å². The molecule has 0 saturated heterocycles. The molecule has 0 amide bonds. The molecule has 0 saturated carbocycles. The average Bonchev–Trinajstić information content (AvgIpc) is 3.03. The number of rotatable bonds is 9. The lowest BCUT2D eigenvalue weighted by molar-refractivity contribution is 0.483. The van der Waals surface area contributed by atoms with Gasteiger partial charge in [-0.1, -0.05) is 91.0 Å². The molecule has 0 aliphatic heterocycles. The topological polar surface area (TPSA) is 24.5 Å². The van der Waals surface area contributed by atoms with Gasteiger partial charge in [-0.3, -0.25) is 0 Å². The third kappa shape index (κ3) is 6.23. The second-order valence-electron chi connectivity index (χ2n) is 9.60. The Morgan fingerprint density at radius 2 is 0.875 bits per heavy atom. The van der Waals surface area contributed by atoms with Crippen molar-refractivity contribution in [2.75, 3.05) is 10.2 Å². The Morgan fingerprint density at radius 3 is 1.48 bits per heavy atom. The molecule has 0 atom stereocenters. The van der Waals surface area contributed by atoms with Crippen LogP contribution in [0.1, 0.15) is 5.56 Å². The van der Waals surface area contributed by atoms with Crippen molar-refractivity contribution in [2.24, 2.45) is 0 Å². The number of anilines is 4. The fourth-order valence-corrected chi connectivity index (χ4v) is 4.69. The molecule has 0 spiro atoms. The molecule has 0 aliphatic rings. The van der Waals surface area contributed by atoms with Gasteiger partial charge in [-0.2, -0.15) is 0 Å². The molecule has 6 aromatic rings. The first kappa shape index (κ1) is 25.0. The third-order valence-electron chi connectivity index (χ3n) is 6.77. The Kier molecular flexibility index (Phi) is 7.54. The highest BCUT2D eigenvalue weighted by Gasteiger charge is 2.11. The van der Waals surface area contributed by atoms with Crippen LogP contribution in [0.15, 0.2) is 164 Å². The predicted molar refractivity (Wildman–Crippen MR) is 167 cm³/mol. The van der Waals surface area contributed by atoms with Crippen molar-refractivity contribution in [3.8, 4) is 22.6 Å². The zero-order chi connectivity index (χ0) is 27.0. The highest BCUT2D eigenvalue weighted by atomic mass is 16.5. The van der Waals surface area contributed by atoms with Crippen LogP contribution in [-0.2, 0) is 6.54 Å². The first-order chi connectivity index (χ1) is 19.8. The maximum absolute atomic E-state index is 6.10. The standard InChI is InChI=1S/C37H30N2O/c1-4-10-29(11-5-1)28-39(34-14-8-3-9-15-34)35-22-16-30(17-23-35)31-18-24-36(25-19-31)40-37-26-20-33(21-27-37)38-32-12-6-2-7-13-32/h1-27,38H,28H2. The Balaban J connectivity index is 1.13. The minimum Gasteiger partial charge on any atom is -0.457 e. The van der Waals surface area contributed by atoms with E-state index in [0.29, 0.717) is 0 Å². The average molecular weight is 519 g/mol. The minimum atomic E-state index is 0.801. The number of nitrogens with one attached hydrogen (secondary N) is 1. The summed E-state index contributed by atoms with van der Waals surface area (Å²) in [5.41, 5.74) is 7.99. The molecule has 0 bridgehead atoms. The monoisotopic (exact) mass is 518 g/mol. The number of hydrogen-bond donors (Lipinski definition) is 1. The number of ether oxygens (including phenoxy) is 1. The number of hydrogen-bond acceptors (Lipinski definition) is 3. The second-order valence-corrected chi connectivity index (χ2v) is 9.60. The van der Waals surface area contributed by atoms with Gasteiger partial charge in [0.1, 0.15) is 11.5 Å². The summed E-state index contributed by atoms with van der Waals surface area (Å²) in [5.74, 6) is 1.61. The number of nitrogens with zero attached hydrogens (tertiary/aromatic N) is 1. The van der Waals surface area contributed by atoms with Crippen LogP contribution in [0.25, 0.3) is 11.1 Å². The molecule has 6 rings (SSSR count). The zero-order valence-electron chi connectivity index (χ0n) is 22.2. The summed E-state index contributed by atoms with van der Waals surface area (Å²) >= 11 is 0. The minimum absolute atomic E-state index is 0.801. The fourth-order valence-electron chi connectivity index (χ4n) is 4.69. The number of para-hydroxylation sites is 2. The quantitative estimate of drug-likeness (QED) is 0.206. The molecular formula is C37H30N2O. The van der Waals surface area contributed by atoms with Crippen LogP contribution in [0.2, 0.25) is 0 Å². The van der Waals surface area contributed by atoms with Gasteiger partial charge in [0.2, 0.25) is 0 Å². The largest absolute Gasteiger partial charge is 0.457 e. The van der Waals surface area contributed by atoms with Gasteiger partial charge in [0.05, 0.1) is 0 Å². The van der Waals surface area contributed by atoms with Gasteiger partial charge < -0.3 is 15.0 Å². The van der Waals surface area contributed by atoms with E-state index >= 15 is 0 Å². The van der Waals surface area contributed by atoms with Crippen molar-refractivity contribution < 1.29 is 4.74 Å². The molecule has 194 valence electrons. The second kappa shape index (κ2) is 12.1. The van der Waals surface area contributed by atoms with Crippen LogP contribution in [0.3, 0.4) is 0 Å². The van der Waals surface area contributed by atoms with E-state index in [9.17, 15) is 0 Å². The van der Waals surface area contributed by atoms with Crippen molar-refractivity contribution in [1.82, 2.24) is 0 Å². The molecule has 3 nitrogen and oxygen atoms in total. The van der Waals surface area contributed by atoms with Gasteiger partial charge in [-0.25, -0.2) is 0 Å². The highest BCUT2D eigenvalue weighted by molar-refractivity contribution is 5.70. The summed E-state index contributed by atoms with van der Waals surface area (Å²) in [4.78, 5) is 2.34.